The molecule has 1 fully saturated rings. The van der Waals surface area contributed by atoms with E-state index in [2.05, 4.69) is 30.3 Å². The van der Waals surface area contributed by atoms with Crippen molar-refractivity contribution in [1.82, 2.24) is 30.2 Å². The molecular formula is C26H27ClFN9O5S. The van der Waals surface area contributed by atoms with Crippen LogP contribution in [0, 0.1) is 5.82 Å². The molecule has 226 valence electrons. The van der Waals surface area contributed by atoms with Gasteiger partial charge in [0.15, 0.2) is 28.4 Å². The molecule has 0 saturated carbocycles. The first-order chi connectivity index (χ1) is 20.4. The fourth-order valence-corrected chi connectivity index (χ4v) is 5.93. The van der Waals surface area contributed by atoms with E-state index in [1.54, 1.807) is 4.90 Å². The molecule has 0 aliphatic carbocycles. The molecule has 17 heteroatoms. The highest BCUT2D eigenvalue weighted by molar-refractivity contribution is 7.89. The van der Waals surface area contributed by atoms with Crippen LogP contribution in [-0.4, -0.2) is 71.3 Å². The SMILES string of the molecule is Nc1nc(N)c(C(=O)NC2=NCC3(CCN(C(=O)c4cccc(S(=O)(=O)NCc5ccc(F)cc5O)c4)CC3)N2)nc1Cl. The van der Waals surface area contributed by atoms with E-state index in [4.69, 9.17) is 23.1 Å². The topological polar surface area (TPSA) is 218 Å². The Morgan fingerprint density at radius 2 is 1.86 bits per heavy atom. The monoisotopic (exact) mass is 631 g/mol. The number of nitrogen functional groups attached to an aromatic ring is 2. The fourth-order valence-electron chi connectivity index (χ4n) is 4.75. The molecule has 1 aromatic heterocycles. The van der Waals surface area contributed by atoms with E-state index in [0.29, 0.717) is 32.5 Å². The van der Waals surface area contributed by atoms with Gasteiger partial charge in [-0.25, -0.2) is 27.5 Å². The minimum Gasteiger partial charge on any atom is -0.508 e. The van der Waals surface area contributed by atoms with Gasteiger partial charge in [0.05, 0.1) is 17.0 Å². The van der Waals surface area contributed by atoms with Gasteiger partial charge in [0.25, 0.3) is 11.8 Å². The molecule has 0 bridgehead atoms. The number of carbonyl (C=O) groups is 2. The summed E-state index contributed by atoms with van der Waals surface area (Å²) in [5.41, 5.74) is 11.0. The highest BCUT2D eigenvalue weighted by Gasteiger charge is 2.40. The molecule has 2 aliphatic rings. The van der Waals surface area contributed by atoms with Crippen molar-refractivity contribution < 1.29 is 27.5 Å². The lowest BCUT2D eigenvalue weighted by Gasteiger charge is -2.39. The number of piperidine rings is 1. The molecule has 0 atom stereocenters. The van der Waals surface area contributed by atoms with E-state index in [-0.39, 0.29) is 62.7 Å². The molecule has 3 aromatic rings. The summed E-state index contributed by atoms with van der Waals surface area (Å²) in [4.78, 5) is 39.5. The largest absolute Gasteiger partial charge is 0.508 e. The Morgan fingerprint density at radius 3 is 2.58 bits per heavy atom. The molecule has 8 N–H and O–H groups in total. The number of aliphatic imine (C=N–C) groups is 1. The van der Waals surface area contributed by atoms with Crippen molar-refractivity contribution >= 4 is 51.0 Å². The Hall–Kier alpha value is -4.54. The number of benzene rings is 2. The number of anilines is 2. The third-order valence-corrected chi connectivity index (χ3v) is 8.85. The number of phenolic OH excluding ortho intramolecular Hbond substituents is 1. The van der Waals surface area contributed by atoms with E-state index in [9.17, 15) is 27.5 Å². The van der Waals surface area contributed by atoms with Crippen LogP contribution in [0.15, 0.2) is 52.4 Å². The van der Waals surface area contributed by atoms with Crippen LogP contribution >= 0.6 is 11.6 Å². The van der Waals surface area contributed by atoms with Crippen molar-refractivity contribution in [2.75, 3.05) is 31.1 Å². The summed E-state index contributed by atoms with van der Waals surface area (Å²) >= 11 is 5.86. The zero-order chi connectivity index (χ0) is 30.9. The molecule has 0 radical (unpaired) electrons. The van der Waals surface area contributed by atoms with Gasteiger partial charge in [-0.3, -0.25) is 19.9 Å². The Morgan fingerprint density at radius 1 is 1.12 bits per heavy atom. The van der Waals surface area contributed by atoms with Gasteiger partial charge in [-0.15, -0.1) is 0 Å². The van der Waals surface area contributed by atoms with Crippen LogP contribution in [0.25, 0.3) is 0 Å². The molecule has 2 amide bonds. The van der Waals surface area contributed by atoms with Gasteiger partial charge in [-0.05, 0) is 37.1 Å². The average molecular weight is 632 g/mol. The Balaban J connectivity index is 1.17. The van der Waals surface area contributed by atoms with Crippen LogP contribution in [-0.2, 0) is 16.6 Å². The number of nitrogens with zero attached hydrogens (tertiary/aromatic N) is 4. The van der Waals surface area contributed by atoms with Crippen LogP contribution in [0.5, 0.6) is 5.75 Å². The van der Waals surface area contributed by atoms with Gasteiger partial charge in [0, 0.05) is 36.8 Å². The summed E-state index contributed by atoms with van der Waals surface area (Å²) in [5, 5.41) is 15.5. The van der Waals surface area contributed by atoms with Crippen molar-refractivity contribution in [2.45, 2.75) is 29.8 Å². The summed E-state index contributed by atoms with van der Waals surface area (Å²) in [6.07, 6.45) is 1.02. The quantitative estimate of drug-likeness (QED) is 0.226. The van der Waals surface area contributed by atoms with Crippen molar-refractivity contribution in [3.8, 4) is 5.75 Å². The van der Waals surface area contributed by atoms with Gasteiger partial charge in [-0.1, -0.05) is 23.7 Å². The van der Waals surface area contributed by atoms with Crippen LogP contribution in [0.3, 0.4) is 0 Å². The summed E-state index contributed by atoms with van der Waals surface area (Å²) < 4.78 is 41.3. The predicted octanol–water partition coefficient (Wildman–Crippen LogP) is 0.982. The first-order valence-corrected chi connectivity index (χ1v) is 14.8. The van der Waals surface area contributed by atoms with Gasteiger partial charge >= 0.3 is 0 Å². The number of hydrogen-bond donors (Lipinski definition) is 6. The summed E-state index contributed by atoms with van der Waals surface area (Å²) in [6, 6.07) is 8.90. The van der Waals surface area contributed by atoms with Crippen molar-refractivity contribution in [2.24, 2.45) is 4.99 Å². The van der Waals surface area contributed by atoms with Gasteiger partial charge < -0.3 is 26.8 Å². The van der Waals surface area contributed by atoms with Crippen molar-refractivity contribution in [3.63, 3.8) is 0 Å². The maximum atomic E-state index is 13.3. The van der Waals surface area contributed by atoms with Gasteiger partial charge in [0.1, 0.15) is 11.6 Å². The van der Waals surface area contributed by atoms with E-state index in [1.807, 2.05) is 0 Å². The molecule has 1 saturated heterocycles. The number of nitrogens with two attached hydrogens (primary N) is 2. The van der Waals surface area contributed by atoms with E-state index in [1.165, 1.54) is 30.3 Å². The normalized spacial score (nSPS) is 16.0. The van der Waals surface area contributed by atoms with Crippen LogP contribution in [0.1, 0.15) is 39.3 Å². The predicted molar refractivity (Wildman–Crippen MR) is 155 cm³/mol. The Kier molecular flexibility index (Phi) is 8.09. The van der Waals surface area contributed by atoms with E-state index < -0.39 is 27.3 Å². The molecule has 5 rings (SSSR count). The molecule has 1 spiro atoms. The van der Waals surface area contributed by atoms with Gasteiger partial charge in [-0.2, -0.15) is 0 Å². The standard InChI is InChI=1S/C26H27ClFN9O5S/c27-20-22(30)34-21(29)19(33-20)23(39)35-25-31-13-26(36-25)6-8-37(9-7-26)24(40)14-2-1-3-17(10-14)43(41,42)32-12-15-4-5-16(28)11-18(15)38/h1-5,10-11,32,38H,6-9,12-13H2,(H4,29,30,34)(H2,31,35,36,39). The highest BCUT2D eigenvalue weighted by Crippen LogP contribution is 2.27. The first kappa shape index (κ1) is 29.9. The van der Waals surface area contributed by atoms with Crippen molar-refractivity contribution in [1.29, 1.82) is 0 Å². The number of phenols is 1. The number of halogens is 2. The summed E-state index contributed by atoms with van der Waals surface area (Å²) in [7, 11) is -4.05. The van der Waals surface area contributed by atoms with Gasteiger partial charge in [0.2, 0.25) is 10.0 Å². The van der Waals surface area contributed by atoms with E-state index >= 15 is 0 Å². The number of likely N-dealkylation sites (tertiary alicyclic amines) is 1. The highest BCUT2D eigenvalue weighted by atomic mass is 35.5. The molecule has 3 heterocycles. The second-order valence-electron chi connectivity index (χ2n) is 10.1. The molecule has 2 aromatic carbocycles. The van der Waals surface area contributed by atoms with Crippen molar-refractivity contribution in [3.05, 3.63) is 70.3 Å². The van der Waals surface area contributed by atoms with Crippen LogP contribution < -0.4 is 26.8 Å². The molecule has 14 nitrogen and oxygen atoms in total. The minimum absolute atomic E-state index is 0.0969. The van der Waals surface area contributed by atoms with Crippen LogP contribution in [0.4, 0.5) is 16.0 Å². The third kappa shape index (κ3) is 6.45. The number of carbonyl (C=O) groups excluding carboxylic acids is 2. The van der Waals surface area contributed by atoms with Crippen LogP contribution in [0.2, 0.25) is 5.15 Å². The molecule has 43 heavy (non-hydrogen) atoms. The number of amides is 2. The number of rotatable bonds is 6. The lowest BCUT2D eigenvalue weighted by Crippen LogP contribution is -2.57. The summed E-state index contributed by atoms with van der Waals surface area (Å²) in [6.45, 7) is 0.797. The molecule has 0 unspecified atom stereocenters. The summed E-state index contributed by atoms with van der Waals surface area (Å²) in [5.74, 6) is -2.09. The first-order valence-electron chi connectivity index (χ1n) is 12.9. The zero-order valence-corrected chi connectivity index (χ0v) is 24.0. The molecule has 2 aliphatic heterocycles. The number of nitrogens with one attached hydrogen (secondary N) is 3. The Bertz CT molecular complexity index is 1750. The third-order valence-electron chi connectivity index (χ3n) is 7.17. The number of aromatic nitrogens is 2. The second-order valence-corrected chi connectivity index (χ2v) is 12.2. The van der Waals surface area contributed by atoms with E-state index in [0.717, 1.165) is 12.1 Å². The zero-order valence-electron chi connectivity index (χ0n) is 22.5. The molecular weight excluding hydrogens is 605 g/mol. The lowest BCUT2D eigenvalue weighted by atomic mass is 9.88. The fraction of sp³-hybridized carbons (Fsp3) is 0.269. The number of hydrogen-bond acceptors (Lipinski definition) is 11. The number of guanidine groups is 1. The maximum absolute atomic E-state index is 13.3. The average Bonchev–Trinajstić information content (AvgIpc) is 3.35. The number of sulfonamides is 1. The Labute approximate surface area is 250 Å². The maximum Gasteiger partial charge on any atom is 0.280 e. The minimum atomic E-state index is -4.05. The smallest absolute Gasteiger partial charge is 0.280 e. The second kappa shape index (κ2) is 11.6. The number of aromatic hydroxyl groups is 1. The lowest BCUT2D eigenvalue weighted by molar-refractivity contribution is 0.0668.